The van der Waals surface area contributed by atoms with Gasteiger partial charge < -0.3 is 5.32 Å². The molecule has 1 unspecified atom stereocenters. The molecule has 0 saturated heterocycles. The Labute approximate surface area is 98.2 Å². The highest BCUT2D eigenvalue weighted by Gasteiger charge is 2.25. The minimum atomic E-state index is 0.618. The molecule has 3 nitrogen and oxygen atoms in total. The van der Waals surface area contributed by atoms with E-state index in [0.717, 1.165) is 18.8 Å². The smallest absolute Gasteiger partial charge is 0.0624 e. The van der Waals surface area contributed by atoms with Gasteiger partial charge in [-0.05, 0) is 31.9 Å². The molecule has 16 heavy (non-hydrogen) atoms. The van der Waals surface area contributed by atoms with Gasteiger partial charge >= 0.3 is 0 Å². The van der Waals surface area contributed by atoms with E-state index >= 15 is 0 Å². The summed E-state index contributed by atoms with van der Waals surface area (Å²) in [5.74, 6) is 0.983. The highest BCUT2D eigenvalue weighted by Crippen LogP contribution is 2.34. The molecule has 90 valence electrons. The van der Waals surface area contributed by atoms with Gasteiger partial charge in [0.05, 0.1) is 5.69 Å². The van der Waals surface area contributed by atoms with Gasteiger partial charge in [-0.25, -0.2) is 0 Å². The second-order valence-corrected chi connectivity index (χ2v) is 4.97. The van der Waals surface area contributed by atoms with E-state index in [2.05, 4.69) is 37.5 Å². The summed E-state index contributed by atoms with van der Waals surface area (Å²) in [5.41, 5.74) is 2.57. The van der Waals surface area contributed by atoms with Crippen LogP contribution in [0.4, 0.5) is 0 Å². The summed E-state index contributed by atoms with van der Waals surface area (Å²) >= 11 is 0. The van der Waals surface area contributed by atoms with Crippen molar-refractivity contribution in [2.45, 2.75) is 45.1 Å². The van der Waals surface area contributed by atoms with E-state index in [9.17, 15) is 0 Å². The predicted octanol–water partition coefficient (Wildman–Crippen LogP) is 1.91. The van der Waals surface area contributed by atoms with Crippen molar-refractivity contribution in [2.75, 3.05) is 7.05 Å². The summed E-state index contributed by atoms with van der Waals surface area (Å²) in [6.45, 7) is 2.16. The molecular formula is C13H23N3. The molecule has 3 heteroatoms. The Morgan fingerprint density at radius 2 is 2.31 bits per heavy atom. The van der Waals surface area contributed by atoms with Crippen LogP contribution < -0.4 is 5.32 Å². The maximum atomic E-state index is 4.50. The molecule has 1 atom stereocenters. The number of nitrogens with zero attached hydrogens (tertiary/aromatic N) is 2. The van der Waals surface area contributed by atoms with Crippen LogP contribution in [0.1, 0.15) is 37.6 Å². The van der Waals surface area contributed by atoms with Gasteiger partial charge in [-0.3, -0.25) is 4.68 Å². The molecule has 0 radical (unpaired) electrons. The van der Waals surface area contributed by atoms with Crippen molar-refractivity contribution in [2.24, 2.45) is 13.0 Å². The third kappa shape index (κ3) is 2.85. The molecule has 1 fully saturated rings. The molecular weight excluding hydrogens is 198 g/mol. The van der Waals surface area contributed by atoms with Gasteiger partial charge in [0.2, 0.25) is 0 Å². The number of nitrogens with one attached hydrogen (secondary N) is 1. The zero-order chi connectivity index (χ0) is 11.5. The summed E-state index contributed by atoms with van der Waals surface area (Å²) in [6.07, 6.45) is 6.33. The molecule has 1 heterocycles. The number of likely N-dealkylation sites (N-methyl/N-ethyl adjacent to an activating group) is 1. The van der Waals surface area contributed by atoms with Crippen molar-refractivity contribution in [3.8, 4) is 0 Å². The molecule has 1 aromatic heterocycles. The minimum absolute atomic E-state index is 0.618. The molecule has 1 aromatic rings. The van der Waals surface area contributed by atoms with Crippen LogP contribution in [0.15, 0.2) is 6.07 Å². The summed E-state index contributed by atoms with van der Waals surface area (Å²) in [6, 6.07) is 2.87. The maximum absolute atomic E-state index is 4.50. The summed E-state index contributed by atoms with van der Waals surface area (Å²) < 4.78 is 2.04. The summed E-state index contributed by atoms with van der Waals surface area (Å²) in [5, 5.41) is 7.94. The number of aromatic nitrogens is 2. The molecule has 0 amide bonds. The van der Waals surface area contributed by atoms with Crippen LogP contribution in [0.5, 0.6) is 0 Å². The van der Waals surface area contributed by atoms with Gasteiger partial charge in [0.15, 0.2) is 0 Å². The highest BCUT2D eigenvalue weighted by atomic mass is 15.3. The quantitative estimate of drug-likeness (QED) is 0.795. The number of aryl methyl sites for hydroxylation is 2. The normalized spacial score (nSPS) is 17.7. The molecule has 0 aliphatic heterocycles. The van der Waals surface area contributed by atoms with Crippen molar-refractivity contribution < 1.29 is 0 Å². The van der Waals surface area contributed by atoms with Crippen LogP contribution in [0, 0.1) is 5.92 Å². The Balaban J connectivity index is 1.96. The molecule has 1 aliphatic carbocycles. The number of hydrogen-bond acceptors (Lipinski definition) is 2. The van der Waals surface area contributed by atoms with E-state index in [1.54, 1.807) is 0 Å². The van der Waals surface area contributed by atoms with Gasteiger partial charge in [-0.1, -0.05) is 19.8 Å². The average molecular weight is 221 g/mol. The summed E-state index contributed by atoms with van der Waals surface area (Å²) in [4.78, 5) is 0. The average Bonchev–Trinajstić information content (AvgIpc) is 3.02. The predicted molar refractivity (Wildman–Crippen MR) is 66.5 cm³/mol. The Hall–Kier alpha value is -0.830. The molecule has 0 bridgehead atoms. The van der Waals surface area contributed by atoms with E-state index in [-0.39, 0.29) is 0 Å². The van der Waals surface area contributed by atoms with Crippen molar-refractivity contribution >= 4 is 0 Å². The fourth-order valence-electron chi connectivity index (χ4n) is 2.25. The molecule has 2 rings (SSSR count). The first-order chi connectivity index (χ1) is 7.72. The lowest BCUT2D eigenvalue weighted by Crippen LogP contribution is -2.28. The Kier molecular flexibility index (Phi) is 3.64. The standard InChI is InChI=1S/C13H23N3/c1-4-11-8-13(16(3)15-11)9-12(14-2)7-10-5-6-10/h8,10,12,14H,4-7,9H2,1-3H3. The first-order valence-corrected chi connectivity index (χ1v) is 6.42. The molecule has 1 aliphatic rings. The molecule has 1 N–H and O–H groups in total. The first kappa shape index (κ1) is 11.6. The molecule has 1 saturated carbocycles. The number of hydrogen-bond donors (Lipinski definition) is 1. The third-order valence-electron chi connectivity index (χ3n) is 3.57. The third-order valence-corrected chi connectivity index (χ3v) is 3.57. The Morgan fingerprint density at radius 1 is 1.56 bits per heavy atom. The van der Waals surface area contributed by atoms with E-state index < -0.39 is 0 Å². The number of rotatable bonds is 6. The minimum Gasteiger partial charge on any atom is -0.317 e. The van der Waals surface area contributed by atoms with Crippen LogP contribution >= 0.6 is 0 Å². The zero-order valence-corrected chi connectivity index (χ0v) is 10.7. The van der Waals surface area contributed by atoms with Crippen molar-refractivity contribution in [3.05, 3.63) is 17.5 Å². The second-order valence-electron chi connectivity index (χ2n) is 4.97. The van der Waals surface area contributed by atoms with Crippen molar-refractivity contribution in [3.63, 3.8) is 0 Å². The lowest BCUT2D eigenvalue weighted by atomic mass is 10.0. The van der Waals surface area contributed by atoms with Crippen LogP contribution in [0.3, 0.4) is 0 Å². The van der Waals surface area contributed by atoms with Gasteiger partial charge in [-0.2, -0.15) is 5.10 Å². The van der Waals surface area contributed by atoms with E-state index in [4.69, 9.17) is 0 Å². The van der Waals surface area contributed by atoms with E-state index in [1.807, 2.05) is 4.68 Å². The lowest BCUT2D eigenvalue weighted by molar-refractivity contribution is 0.477. The first-order valence-electron chi connectivity index (χ1n) is 6.42. The zero-order valence-electron chi connectivity index (χ0n) is 10.7. The van der Waals surface area contributed by atoms with Gasteiger partial charge in [-0.15, -0.1) is 0 Å². The lowest BCUT2D eigenvalue weighted by Gasteiger charge is -2.15. The van der Waals surface area contributed by atoms with Crippen molar-refractivity contribution in [1.29, 1.82) is 0 Å². The second kappa shape index (κ2) is 5.00. The topological polar surface area (TPSA) is 29.9 Å². The Morgan fingerprint density at radius 3 is 2.81 bits per heavy atom. The van der Waals surface area contributed by atoms with E-state index in [1.165, 1.54) is 30.7 Å². The Bertz CT molecular complexity index is 339. The van der Waals surface area contributed by atoms with Crippen molar-refractivity contribution in [1.82, 2.24) is 15.1 Å². The monoisotopic (exact) mass is 221 g/mol. The van der Waals surface area contributed by atoms with Crippen LogP contribution in [-0.4, -0.2) is 22.9 Å². The largest absolute Gasteiger partial charge is 0.317 e. The highest BCUT2D eigenvalue weighted by molar-refractivity contribution is 5.11. The fourth-order valence-corrected chi connectivity index (χ4v) is 2.25. The SMILES string of the molecule is CCc1cc(CC(CC2CC2)NC)n(C)n1. The maximum Gasteiger partial charge on any atom is 0.0624 e. The molecule has 0 aromatic carbocycles. The van der Waals surface area contributed by atoms with Crippen LogP contribution in [0.25, 0.3) is 0 Å². The summed E-state index contributed by atoms with van der Waals surface area (Å²) in [7, 11) is 4.13. The van der Waals surface area contributed by atoms with Gasteiger partial charge in [0.25, 0.3) is 0 Å². The van der Waals surface area contributed by atoms with Crippen LogP contribution in [-0.2, 0) is 19.9 Å². The van der Waals surface area contributed by atoms with E-state index in [0.29, 0.717) is 6.04 Å². The van der Waals surface area contributed by atoms with Gasteiger partial charge in [0, 0.05) is 25.2 Å². The van der Waals surface area contributed by atoms with Crippen LogP contribution in [0.2, 0.25) is 0 Å². The molecule has 0 spiro atoms. The fraction of sp³-hybridized carbons (Fsp3) is 0.769. The van der Waals surface area contributed by atoms with Gasteiger partial charge in [0.1, 0.15) is 0 Å².